The van der Waals surface area contributed by atoms with Crippen LogP contribution < -0.4 is 10.5 Å². The van der Waals surface area contributed by atoms with Gasteiger partial charge in [0.2, 0.25) is 0 Å². The number of nitrogens with one attached hydrogen (secondary N) is 1. The third-order valence-electron chi connectivity index (χ3n) is 1.90. The van der Waals surface area contributed by atoms with E-state index in [4.69, 9.17) is 10.5 Å². The van der Waals surface area contributed by atoms with Gasteiger partial charge in [-0.15, -0.1) is 0 Å². The highest BCUT2D eigenvalue weighted by Gasteiger charge is 2.07. The summed E-state index contributed by atoms with van der Waals surface area (Å²) in [5.41, 5.74) is 5.26. The molecule has 0 aliphatic rings. The molecule has 0 saturated carbocycles. The fraction of sp³-hybridized carbons (Fsp3) is 0.111. The number of rotatable bonds is 2. The van der Waals surface area contributed by atoms with Crippen LogP contribution in [0.2, 0.25) is 0 Å². The van der Waals surface area contributed by atoms with E-state index in [1.807, 2.05) is 12.1 Å². The van der Waals surface area contributed by atoms with Crippen molar-refractivity contribution in [3.05, 3.63) is 24.4 Å². The minimum Gasteiger partial charge on any atom is -0.494 e. The van der Waals surface area contributed by atoms with Gasteiger partial charge in [-0.3, -0.25) is 5.73 Å². The Bertz CT molecular complexity index is 422. The van der Waals surface area contributed by atoms with E-state index in [9.17, 15) is 5.11 Å². The van der Waals surface area contributed by atoms with Gasteiger partial charge in [-0.05, 0) is 6.07 Å². The molecule has 2 rings (SSSR count). The second-order valence-electron chi connectivity index (χ2n) is 2.67. The molecule has 0 amide bonds. The number of nitrogens with two attached hydrogens (primary N) is 1. The Morgan fingerprint density at radius 1 is 1.46 bits per heavy atom. The molecule has 0 saturated heterocycles. The first kappa shape index (κ1) is 7.94. The zero-order valence-electron chi connectivity index (χ0n) is 6.95. The summed E-state index contributed by atoms with van der Waals surface area (Å²) in [6.07, 6.45) is 1.72. The van der Waals surface area contributed by atoms with Crippen molar-refractivity contribution in [1.82, 2.24) is 4.98 Å². The molecule has 4 N–H and O–H groups in total. The maximum Gasteiger partial charge on any atom is 0.200 e. The number of hydrogen-bond donors (Lipinski definition) is 3. The number of H-pyrrole nitrogens is 1. The minimum atomic E-state index is 0.101. The molecular weight excluding hydrogens is 168 g/mol. The first-order chi connectivity index (χ1) is 6.33. The van der Waals surface area contributed by atoms with Gasteiger partial charge in [-0.25, -0.2) is 0 Å². The Hall–Kier alpha value is -1.68. The van der Waals surface area contributed by atoms with Gasteiger partial charge in [-0.2, -0.15) is 0 Å². The number of hydrogen-bond acceptors (Lipinski definition) is 3. The minimum absolute atomic E-state index is 0.101. The zero-order valence-corrected chi connectivity index (χ0v) is 6.95. The lowest BCUT2D eigenvalue weighted by molar-refractivity contribution is 0.332. The Balaban J connectivity index is 2.65. The fourth-order valence-electron chi connectivity index (χ4n) is 1.35. The van der Waals surface area contributed by atoms with E-state index in [1.165, 1.54) is 0 Å². The average Bonchev–Trinajstić information content (AvgIpc) is 2.50. The number of aromatic amines is 1. The third kappa shape index (κ3) is 1.21. The first-order valence-corrected chi connectivity index (χ1v) is 3.95. The van der Waals surface area contributed by atoms with Crippen LogP contribution >= 0.6 is 0 Å². The topological polar surface area (TPSA) is 71.3 Å². The van der Waals surface area contributed by atoms with E-state index in [0.717, 1.165) is 5.39 Å². The Morgan fingerprint density at radius 2 is 2.31 bits per heavy atom. The molecule has 0 fully saturated rings. The largest absolute Gasteiger partial charge is 0.494 e. The summed E-state index contributed by atoms with van der Waals surface area (Å²) in [7, 11) is 0. The van der Waals surface area contributed by atoms with E-state index in [1.54, 1.807) is 12.3 Å². The molecule has 4 heteroatoms. The van der Waals surface area contributed by atoms with Gasteiger partial charge in [0.05, 0.1) is 5.39 Å². The number of fused-ring (bicyclic) bond motifs is 1. The quantitative estimate of drug-likeness (QED) is 0.604. The van der Waals surface area contributed by atoms with Crippen LogP contribution in [0.15, 0.2) is 24.4 Å². The second kappa shape index (κ2) is 2.99. The summed E-state index contributed by atoms with van der Waals surface area (Å²) in [4.78, 5) is 2.71. The molecule has 0 bridgehead atoms. The van der Waals surface area contributed by atoms with Crippen LogP contribution in [0.5, 0.6) is 11.6 Å². The highest BCUT2D eigenvalue weighted by atomic mass is 16.5. The molecule has 0 unspecified atom stereocenters. The van der Waals surface area contributed by atoms with Gasteiger partial charge < -0.3 is 14.8 Å². The van der Waals surface area contributed by atoms with E-state index in [0.29, 0.717) is 11.1 Å². The van der Waals surface area contributed by atoms with Gasteiger partial charge in [0, 0.05) is 11.6 Å². The number of aromatic hydroxyl groups is 1. The van der Waals surface area contributed by atoms with Crippen molar-refractivity contribution in [3.63, 3.8) is 0 Å². The molecule has 68 valence electrons. The van der Waals surface area contributed by atoms with Gasteiger partial charge in [0.25, 0.3) is 0 Å². The molecule has 13 heavy (non-hydrogen) atoms. The lowest BCUT2D eigenvalue weighted by atomic mass is 10.2. The molecule has 4 nitrogen and oxygen atoms in total. The molecular formula is C9H10N2O2. The average molecular weight is 178 g/mol. The van der Waals surface area contributed by atoms with Crippen molar-refractivity contribution in [2.24, 2.45) is 5.73 Å². The normalized spacial score (nSPS) is 10.5. The summed E-state index contributed by atoms with van der Waals surface area (Å²) in [5.74, 6) is 0.706. The van der Waals surface area contributed by atoms with Crippen molar-refractivity contribution in [2.45, 2.75) is 0 Å². The zero-order chi connectivity index (χ0) is 9.26. The standard InChI is InChI=1S/C9H10N2O2/c10-5-13-7-3-1-2-6-4-11-9(12)8(6)7/h1-4,11-12H,5,10H2. The molecule has 0 atom stereocenters. The number of benzene rings is 1. The number of ether oxygens (including phenoxy) is 1. The Kier molecular flexibility index (Phi) is 1.83. The highest BCUT2D eigenvalue weighted by molar-refractivity contribution is 5.92. The summed E-state index contributed by atoms with van der Waals surface area (Å²) >= 11 is 0. The van der Waals surface area contributed by atoms with E-state index in [-0.39, 0.29) is 12.6 Å². The monoisotopic (exact) mass is 178 g/mol. The maximum atomic E-state index is 9.44. The van der Waals surface area contributed by atoms with Gasteiger partial charge in [0.1, 0.15) is 12.5 Å². The van der Waals surface area contributed by atoms with E-state index in [2.05, 4.69) is 4.98 Å². The van der Waals surface area contributed by atoms with Crippen LogP contribution in [0.1, 0.15) is 0 Å². The summed E-state index contributed by atoms with van der Waals surface area (Å²) in [6, 6.07) is 5.50. The molecule has 1 aromatic carbocycles. The van der Waals surface area contributed by atoms with Crippen molar-refractivity contribution < 1.29 is 9.84 Å². The van der Waals surface area contributed by atoms with E-state index < -0.39 is 0 Å². The van der Waals surface area contributed by atoms with Crippen LogP contribution in [0.25, 0.3) is 10.8 Å². The molecule has 0 aliphatic heterocycles. The molecule has 0 aliphatic carbocycles. The van der Waals surface area contributed by atoms with Crippen molar-refractivity contribution >= 4 is 10.8 Å². The predicted molar refractivity (Wildman–Crippen MR) is 49.6 cm³/mol. The molecule has 1 aromatic heterocycles. The van der Waals surface area contributed by atoms with Gasteiger partial charge in [-0.1, -0.05) is 12.1 Å². The first-order valence-electron chi connectivity index (χ1n) is 3.95. The van der Waals surface area contributed by atoms with Crippen LogP contribution in [0.4, 0.5) is 0 Å². The predicted octanol–water partition coefficient (Wildman–Crippen LogP) is 1.17. The molecule has 1 heterocycles. The van der Waals surface area contributed by atoms with Crippen LogP contribution in [0, 0.1) is 0 Å². The second-order valence-corrected chi connectivity index (χ2v) is 2.67. The number of aromatic nitrogens is 1. The van der Waals surface area contributed by atoms with Crippen LogP contribution in [-0.4, -0.2) is 16.8 Å². The van der Waals surface area contributed by atoms with Gasteiger partial charge >= 0.3 is 0 Å². The summed E-state index contributed by atoms with van der Waals surface area (Å²) in [5, 5.41) is 11.0. The van der Waals surface area contributed by atoms with Crippen molar-refractivity contribution in [1.29, 1.82) is 0 Å². The SMILES string of the molecule is NCOc1cccc2c[nH]c(O)c12. The Labute approximate surface area is 74.9 Å². The van der Waals surface area contributed by atoms with Crippen LogP contribution in [0.3, 0.4) is 0 Å². The van der Waals surface area contributed by atoms with Crippen molar-refractivity contribution in [3.8, 4) is 11.6 Å². The smallest absolute Gasteiger partial charge is 0.200 e. The summed E-state index contributed by atoms with van der Waals surface area (Å²) in [6.45, 7) is 0.101. The maximum absolute atomic E-state index is 9.44. The molecule has 2 aromatic rings. The third-order valence-corrected chi connectivity index (χ3v) is 1.90. The van der Waals surface area contributed by atoms with E-state index >= 15 is 0 Å². The molecule has 0 spiro atoms. The van der Waals surface area contributed by atoms with Gasteiger partial charge in [0.15, 0.2) is 5.88 Å². The van der Waals surface area contributed by atoms with Crippen molar-refractivity contribution in [2.75, 3.05) is 6.73 Å². The lowest BCUT2D eigenvalue weighted by Gasteiger charge is -2.03. The Morgan fingerprint density at radius 3 is 3.08 bits per heavy atom. The lowest BCUT2D eigenvalue weighted by Crippen LogP contribution is -2.07. The summed E-state index contributed by atoms with van der Waals surface area (Å²) < 4.78 is 5.16. The van der Waals surface area contributed by atoms with Crippen LogP contribution in [-0.2, 0) is 0 Å². The molecule has 0 radical (unpaired) electrons. The highest BCUT2D eigenvalue weighted by Crippen LogP contribution is 2.32. The fourth-order valence-corrected chi connectivity index (χ4v) is 1.35.